The van der Waals surface area contributed by atoms with Crippen molar-refractivity contribution in [2.75, 3.05) is 6.61 Å². The number of nitrogens with one attached hydrogen (secondary N) is 1. The summed E-state index contributed by atoms with van der Waals surface area (Å²) in [4.78, 5) is 39.6. The van der Waals surface area contributed by atoms with Crippen molar-refractivity contribution < 1.29 is 29.0 Å². The van der Waals surface area contributed by atoms with Gasteiger partial charge >= 0.3 is 11.9 Å². The van der Waals surface area contributed by atoms with E-state index in [0.717, 1.165) is 0 Å². The molecule has 1 aromatic carbocycles. The Hall–Kier alpha value is -3.09. The van der Waals surface area contributed by atoms with Crippen molar-refractivity contribution in [3.63, 3.8) is 0 Å². The van der Waals surface area contributed by atoms with E-state index < -0.39 is 23.8 Å². The van der Waals surface area contributed by atoms with Crippen LogP contribution in [0.4, 0.5) is 0 Å². The first kappa shape index (κ1) is 19.2. The van der Waals surface area contributed by atoms with E-state index in [2.05, 4.69) is 4.98 Å². The van der Waals surface area contributed by atoms with Crippen LogP contribution < -0.4 is 0 Å². The van der Waals surface area contributed by atoms with Gasteiger partial charge in [-0.25, -0.2) is 9.59 Å². The summed E-state index contributed by atoms with van der Waals surface area (Å²) < 4.78 is 10.2. The van der Waals surface area contributed by atoms with Gasteiger partial charge in [-0.15, -0.1) is 0 Å². The number of aryl methyl sites for hydroxylation is 1. The lowest BCUT2D eigenvalue weighted by Crippen LogP contribution is -2.25. The monoisotopic (exact) mass is 359 g/mol. The molecule has 0 radical (unpaired) electrons. The molecule has 1 atom stereocenters. The number of phenolic OH excluding ortho intramolecular Hbond substituents is 1. The van der Waals surface area contributed by atoms with E-state index in [1.165, 1.54) is 31.2 Å². The minimum atomic E-state index is -1.05. The number of aromatic amines is 1. The van der Waals surface area contributed by atoms with E-state index in [9.17, 15) is 19.5 Å². The number of Topliss-reactive ketones (excluding diaryl/α,β-unsaturated/α-hetero) is 1. The zero-order valence-electron chi connectivity index (χ0n) is 15.1. The molecule has 0 amide bonds. The Balaban J connectivity index is 2.18. The van der Waals surface area contributed by atoms with E-state index in [4.69, 9.17) is 9.47 Å². The Labute approximate surface area is 150 Å². The Bertz CT molecular complexity index is 834. The first-order chi connectivity index (χ1) is 12.3. The molecule has 7 nitrogen and oxygen atoms in total. The van der Waals surface area contributed by atoms with Gasteiger partial charge in [0.15, 0.2) is 6.10 Å². The number of aromatic nitrogens is 1. The van der Waals surface area contributed by atoms with Crippen molar-refractivity contribution in [3.8, 4) is 5.75 Å². The molecule has 2 aromatic rings. The highest BCUT2D eigenvalue weighted by Crippen LogP contribution is 2.21. The SMILES string of the molecule is CCOC(=O)c1c(C)[nH]c(C(=O)C(C)OC(=O)c2ccc(O)cc2)c1C. The Morgan fingerprint density at radius 2 is 1.73 bits per heavy atom. The molecule has 0 saturated heterocycles. The second-order valence-corrected chi connectivity index (χ2v) is 5.80. The molecule has 138 valence electrons. The third-order valence-corrected chi connectivity index (χ3v) is 3.92. The van der Waals surface area contributed by atoms with Crippen LogP contribution in [-0.4, -0.2) is 40.5 Å². The van der Waals surface area contributed by atoms with E-state index >= 15 is 0 Å². The van der Waals surface area contributed by atoms with Gasteiger partial charge in [0.1, 0.15) is 5.75 Å². The van der Waals surface area contributed by atoms with Crippen molar-refractivity contribution in [1.82, 2.24) is 4.98 Å². The quantitative estimate of drug-likeness (QED) is 0.607. The first-order valence-electron chi connectivity index (χ1n) is 8.16. The van der Waals surface area contributed by atoms with Crippen LogP contribution in [0.2, 0.25) is 0 Å². The average Bonchev–Trinajstić information content (AvgIpc) is 2.89. The fourth-order valence-electron chi connectivity index (χ4n) is 2.59. The second kappa shape index (κ2) is 7.86. The number of carbonyl (C=O) groups is 3. The Kier molecular flexibility index (Phi) is 5.82. The third-order valence-electron chi connectivity index (χ3n) is 3.92. The van der Waals surface area contributed by atoms with Gasteiger partial charge in [0.05, 0.1) is 23.4 Å². The number of benzene rings is 1. The molecule has 7 heteroatoms. The van der Waals surface area contributed by atoms with Crippen LogP contribution in [0.5, 0.6) is 5.75 Å². The number of rotatable bonds is 6. The zero-order chi connectivity index (χ0) is 19.4. The van der Waals surface area contributed by atoms with Crippen molar-refractivity contribution in [2.24, 2.45) is 0 Å². The molecule has 0 spiro atoms. The summed E-state index contributed by atoms with van der Waals surface area (Å²) in [6.07, 6.45) is -1.05. The van der Waals surface area contributed by atoms with Gasteiger partial charge in [-0.3, -0.25) is 4.79 Å². The van der Waals surface area contributed by atoms with Crippen LogP contribution in [0.15, 0.2) is 24.3 Å². The minimum Gasteiger partial charge on any atom is -0.508 e. The number of H-pyrrole nitrogens is 1. The number of phenols is 1. The first-order valence-corrected chi connectivity index (χ1v) is 8.16. The molecule has 2 rings (SSSR count). The van der Waals surface area contributed by atoms with Crippen LogP contribution >= 0.6 is 0 Å². The summed E-state index contributed by atoms with van der Waals surface area (Å²) >= 11 is 0. The van der Waals surface area contributed by atoms with Crippen LogP contribution in [0.1, 0.15) is 56.3 Å². The molecule has 0 saturated carbocycles. The summed E-state index contributed by atoms with van der Waals surface area (Å²) in [5, 5.41) is 9.25. The topological polar surface area (TPSA) is 106 Å². The molecule has 0 aliphatic rings. The second-order valence-electron chi connectivity index (χ2n) is 5.80. The van der Waals surface area contributed by atoms with Crippen LogP contribution in [0, 0.1) is 13.8 Å². The van der Waals surface area contributed by atoms with Crippen molar-refractivity contribution in [1.29, 1.82) is 0 Å². The van der Waals surface area contributed by atoms with E-state index in [1.807, 2.05) is 0 Å². The number of hydrogen-bond donors (Lipinski definition) is 2. The molecular weight excluding hydrogens is 338 g/mol. The molecule has 0 aliphatic carbocycles. The molecule has 26 heavy (non-hydrogen) atoms. The predicted molar refractivity (Wildman–Crippen MR) is 93.5 cm³/mol. The molecule has 2 N–H and O–H groups in total. The van der Waals surface area contributed by atoms with Gasteiger partial charge < -0.3 is 19.6 Å². The highest BCUT2D eigenvalue weighted by atomic mass is 16.5. The number of aromatic hydroxyl groups is 1. The highest BCUT2D eigenvalue weighted by molar-refractivity contribution is 6.04. The standard InChI is InChI=1S/C19H21NO6/c1-5-25-19(24)15-10(2)16(20-11(15)3)17(22)12(4)26-18(23)13-6-8-14(21)9-7-13/h6-9,12,20-21H,5H2,1-4H3. The smallest absolute Gasteiger partial charge is 0.340 e. The average molecular weight is 359 g/mol. The molecule has 0 bridgehead atoms. The summed E-state index contributed by atoms with van der Waals surface area (Å²) in [7, 11) is 0. The maximum Gasteiger partial charge on any atom is 0.340 e. The van der Waals surface area contributed by atoms with Crippen LogP contribution in [-0.2, 0) is 9.47 Å². The summed E-state index contributed by atoms with van der Waals surface area (Å²) in [5.41, 5.74) is 1.71. The fraction of sp³-hybridized carbons (Fsp3) is 0.316. The summed E-state index contributed by atoms with van der Waals surface area (Å²) in [6.45, 7) is 6.69. The van der Waals surface area contributed by atoms with E-state index in [0.29, 0.717) is 16.8 Å². The molecule has 0 fully saturated rings. The number of carbonyl (C=O) groups excluding carboxylic acids is 3. The number of hydrogen-bond acceptors (Lipinski definition) is 6. The molecular formula is C19H21NO6. The van der Waals surface area contributed by atoms with Gasteiger partial charge in [-0.05, 0) is 57.5 Å². The summed E-state index contributed by atoms with van der Waals surface area (Å²) in [6, 6.07) is 5.51. The van der Waals surface area contributed by atoms with Crippen molar-refractivity contribution >= 4 is 17.7 Å². The largest absolute Gasteiger partial charge is 0.508 e. The van der Waals surface area contributed by atoms with E-state index in [1.54, 1.807) is 20.8 Å². The highest BCUT2D eigenvalue weighted by Gasteiger charge is 2.27. The molecule has 1 aromatic heterocycles. The lowest BCUT2D eigenvalue weighted by molar-refractivity contribution is 0.0316. The Morgan fingerprint density at radius 3 is 2.31 bits per heavy atom. The van der Waals surface area contributed by atoms with Crippen LogP contribution in [0.25, 0.3) is 0 Å². The fourth-order valence-corrected chi connectivity index (χ4v) is 2.59. The molecule has 0 aliphatic heterocycles. The lowest BCUT2D eigenvalue weighted by Gasteiger charge is -2.12. The predicted octanol–water partition coefficient (Wildman–Crippen LogP) is 2.94. The lowest BCUT2D eigenvalue weighted by atomic mass is 10.1. The van der Waals surface area contributed by atoms with Crippen molar-refractivity contribution in [3.05, 3.63) is 52.3 Å². The van der Waals surface area contributed by atoms with Gasteiger partial charge in [0.25, 0.3) is 0 Å². The normalized spacial score (nSPS) is 11.7. The number of esters is 2. The third kappa shape index (κ3) is 3.93. The minimum absolute atomic E-state index is 0.0228. The van der Waals surface area contributed by atoms with Gasteiger partial charge in [-0.2, -0.15) is 0 Å². The molecule has 1 unspecified atom stereocenters. The van der Waals surface area contributed by atoms with Gasteiger partial charge in [0.2, 0.25) is 5.78 Å². The maximum absolute atomic E-state index is 12.6. The molecule has 1 heterocycles. The van der Waals surface area contributed by atoms with Crippen LogP contribution in [0.3, 0.4) is 0 Å². The Morgan fingerprint density at radius 1 is 1.12 bits per heavy atom. The summed E-state index contributed by atoms with van der Waals surface area (Å²) in [5.74, 6) is -1.62. The number of ketones is 1. The van der Waals surface area contributed by atoms with Crippen molar-refractivity contribution in [2.45, 2.75) is 33.8 Å². The maximum atomic E-state index is 12.6. The van der Waals surface area contributed by atoms with Gasteiger partial charge in [-0.1, -0.05) is 0 Å². The van der Waals surface area contributed by atoms with Gasteiger partial charge in [0, 0.05) is 5.69 Å². The van der Waals surface area contributed by atoms with E-state index in [-0.39, 0.29) is 23.6 Å². The zero-order valence-corrected chi connectivity index (χ0v) is 15.1. The number of ether oxygens (including phenoxy) is 2.